The van der Waals surface area contributed by atoms with Crippen LogP contribution in [0.15, 0.2) is 56.8 Å². The lowest BCUT2D eigenvalue weighted by Crippen LogP contribution is -2.41. The molecule has 6 rings (SSSR count). The number of aromatic nitrogens is 2. The summed E-state index contributed by atoms with van der Waals surface area (Å²) in [6.07, 6.45) is 2.26. The Morgan fingerprint density at radius 3 is 2.69 bits per heavy atom. The molecule has 1 saturated heterocycles. The summed E-state index contributed by atoms with van der Waals surface area (Å²) in [4.78, 5) is 21.0. The predicted molar refractivity (Wildman–Crippen MR) is 120 cm³/mol. The Bertz CT molecular complexity index is 1220. The SMILES string of the molecule is O=c1[nH]c(-c2ccc3c(c2)Oc2ccccc2C3C2CCN(CC3=NCCN3)CC2)no1. The molecule has 2 aromatic carbocycles. The molecule has 8 nitrogen and oxygen atoms in total. The summed E-state index contributed by atoms with van der Waals surface area (Å²) in [7, 11) is 0. The van der Waals surface area contributed by atoms with Crippen LogP contribution in [0.4, 0.5) is 0 Å². The molecule has 1 aromatic heterocycles. The topological polar surface area (TPSA) is 95.8 Å². The van der Waals surface area contributed by atoms with Crippen molar-refractivity contribution in [3.63, 3.8) is 0 Å². The van der Waals surface area contributed by atoms with Crippen molar-refractivity contribution in [1.82, 2.24) is 20.4 Å². The first kappa shape index (κ1) is 19.3. The molecule has 3 aliphatic rings. The maximum absolute atomic E-state index is 11.4. The Balaban J connectivity index is 1.29. The van der Waals surface area contributed by atoms with Crippen LogP contribution < -0.4 is 15.8 Å². The van der Waals surface area contributed by atoms with Crippen LogP contribution in [0.25, 0.3) is 11.4 Å². The van der Waals surface area contributed by atoms with Crippen molar-refractivity contribution in [2.24, 2.45) is 10.9 Å². The van der Waals surface area contributed by atoms with Gasteiger partial charge < -0.3 is 10.1 Å². The highest BCUT2D eigenvalue weighted by atomic mass is 16.5. The van der Waals surface area contributed by atoms with Crippen LogP contribution in [0.1, 0.15) is 29.9 Å². The molecule has 164 valence electrons. The number of ether oxygens (including phenoxy) is 1. The van der Waals surface area contributed by atoms with Crippen LogP contribution in [0.5, 0.6) is 11.5 Å². The fourth-order valence-electron chi connectivity index (χ4n) is 5.21. The highest BCUT2D eigenvalue weighted by Crippen LogP contribution is 2.50. The van der Waals surface area contributed by atoms with E-state index in [9.17, 15) is 4.79 Å². The second kappa shape index (κ2) is 7.94. The van der Waals surface area contributed by atoms with Crippen molar-refractivity contribution in [2.45, 2.75) is 18.8 Å². The fraction of sp³-hybridized carbons (Fsp3) is 0.375. The number of nitrogens with zero attached hydrogens (tertiary/aromatic N) is 3. The van der Waals surface area contributed by atoms with E-state index in [4.69, 9.17) is 4.74 Å². The van der Waals surface area contributed by atoms with Crippen LogP contribution in [0.3, 0.4) is 0 Å². The minimum Gasteiger partial charge on any atom is -0.457 e. The highest BCUT2D eigenvalue weighted by molar-refractivity contribution is 5.85. The monoisotopic (exact) mass is 431 g/mol. The summed E-state index contributed by atoms with van der Waals surface area (Å²) in [5, 5.41) is 7.20. The number of likely N-dealkylation sites (tertiary alicyclic amines) is 1. The number of hydrogen-bond donors (Lipinski definition) is 2. The van der Waals surface area contributed by atoms with Gasteiger partial charge in [0.1, 0.15) is 17.3 Å². The molecule has 1 unspecified atom stereocenters. The first-order valence-electron chi connectivity index (χ1n) is 11.2. The van der Waals surface area contributed by atoms with Crippen LogP contribution in [-0.2, 0) is 0 Å². The van der Waals surface area contributed by atoms with E-state index in [0.29, 0.717) is 11.7 Å². The Hall–Kier alpha value is -3.39. The minimum absolute atomic E-state index is 0.282. The zero-order chi connectivity index (χ0) is 21.5. The molecule has 2 N–H and O–H groups in total. The molecule has 0 aliphatic carbocycles. The number of rotatable bonds is 4. The number of nitrogens with one attached hydrogen (secondary N) is 2. The van der Waals surface area contributed by atoms with Gasteiger partial charge in [0.15, 0.2) is 5.82 Å². The Kier molecular flexibility index (Phi) is 4.79. The number of fused-ring (bicyclic) bond motifs is 2. The summed E-state index contributed by atoms with van der Waals surface area (Å²) in [5.41, 5.74) is 3.22. The second-order valence-electron chi connectivity index (χ2n) is 8.68. The van der Waals surface area contributed by atoms with Crippen LogP contribution in [-0.4, -0.2) is 53.6 Å². The second-order valence-corrected chi connectivity index (χ2v) is 8.68. The molecule has 3 aromatic rings. The number of H-pyrrole nitrogens is 1. The fourth-order valence-corrected chi connectivity index (χ4v) is 5.21. The van der Waals surface area contributed by atoms with E-state index in [-0.39, 0.29) is 5.92 Å². The summed E-state index contributed by atoms with van der Waals surface area (Å²) < 4.78 is 11.0. The zero-order valence-electron chi connectivity index (χ0n) is 17.7. The normalized spacial score (nSPS) is 20.8. The van der Waals surface area contributed by atoms with Crippen LogP contribution in [0, 0.1) is 5.92 Å². The summed E-state index contributed by atoms with van der Waals surface area (Å²) in [6.45, 7) is 4.92. The maximum atomic E-state index is 11.4. The third kappa shape index (κ3) is 3.50. The number of amidine groups is 1. The Morgan fingerprint density at radius 1 is 1.06 bits per heavy atom. The van der Waals surface area contributed by atoms with Gasteiger partial charge in [-0.25, -0.2) is 4.79 Å². The molecule has 32 heavy (non-hydrogen) atoms. The van der Waals surface area contributed by atoms with Crippen molar-refractivity contribution in [2.75, 3.05) is 32.7 Å². The molecule has 0 saturated carbocycles. The summed E-state index contributed by atoms with van der Waals surface area (Å²) in [5.74, 6) is 3.52. The van der Waals surface area contributed by atoms with Crippen LogP contribution in [0.2, 0.25) is 0 Å². The molecule has 1 fully saturated rings. The highest BCUT2D eigenvalue weighted by Gasteiger charge is 2.35. The number of aliphatic imine (C=N–C) groups is 1. The average molecular weight is 431 g/mol. The first-order chi connectivity index (χ1) is 15.7. The van der Waals surface area contributed by atoms with Gasteiger partial charge in [-0.15, -0.1) is 0 Å². The lowest BCUT2D eigenvalue weighted by atomic mass is 9.74. The standard InChI is InChI=1S/C24H25N5O3/c30-24-27-23(28-32-24)16-5-6-18-20(13-16)31-19-4-2-1-3-17(19)22(18)15-7-11-29(12-8-15)14-21-25-9-10-26-21/h1-6,13,15,22H,7-12,14H2,(H,25,26)(H,27,28,30). The number of benzene rings is 2. The lowest BCUT2D eigenvalue weighted by molar-refractivity contribution is 0.191. The molecule has 0 radical (unpaired) electrons. The van der Waals surface area contributed by atoms with Crippen molar-refractivity contribution in [1.29, 1.82) is 0 Å². The minimum atomic E-state index is -0.563. The maximum Gasteiger partial charge on any atom is 0.439 e. The van der Waals surface area contributed by atoms with E-state index >= 15 is 0 Å². The zero-order valence-corrected chi connectivity index (χ0v) is 17.7. The summed E-state index contributed by atoms with van der Waals surface area (Å²) >= 11 is 0. The van der Waals surface area contributed by atoms with Gasteiger partial charge in [0.25, 0.3) is 0 Å². The molecule has 8 heteroatoms. The smallest absolute Gasteiger partial charge is 0.439 e. The van der Waals surface area contributed by atoms with E-state index in [2.05, 4.69) is 48.1 Å². The Morgan fingerprint density at radius 2 is 1.91 bits per heavy atom. The van der Waals surface area contributed by atoms with Gasteiger partial charge in [-0.3, -0.25) is 19.4 Å². The lowest BCUT2D eigenvalue weighted by Gasteiger charge is -2.39. The van der Waals surface area contributed by atoms with Crippen LogP contribution >= 0.6 is 0 Å². The molecule has 0 bridgehead atoms. The third-order valence-corrected chi connectivity index (χ3v) is 6.76. The molecule has 3 aliphatic heterocycles. The molecular weight excluding hydrogens is 406 g/mol. The van der Waals surface area contributed by atoms with Gasteiger partial charge in [-0.2, -0.15) is 0 Å². The van der Waals surface area contributed by atoms with Gasteiger partial charge in [0.2, 0.25) is 0 Å². The molecular formula is C24H25N5O3. The Labute approximate surface area is 185 Å². The molecule has 0 spiro atoms. The van der Waals surface area contributed by atoms with Gasteiger partial charge in [0.05, 0.1) is 13.1 Å². The van der Waals surface area contributed by atoms with Crippen molar-refractivity contribution in [3.05, 3.63) is 64.1 Å². The van der Waals surface area contributed by atoms with E-state index in [1.807, 2.05) is 24.3 Å². The number of para-hydroxylation sites is 1. The summed E-state index contributed by atoms with van der Waals surface area (Å²) in [6, 6.07) is 14.4. The van der Waals surface area contributed by atoms with Gasteiger partial charge in [0, 0.05) is 29.2 Å². The van der Waals surface area contributed by atoms with Crippen molar-refractivity contribution < 1.29 is 9.26 Å². The number of aromatic amines is 1. The largest absolute Gasteiger partial charge is 0.457 e. The molecule has 1 atom stereocenters. The number of piperidine rings is 1. The quantitative estimate of drug-likeness (QED) is 0.659. The van der Waals surface area contributed by atoms with Crippen molar-refractivity contribution in [3.8, 4) is 22.9 Å². The molecule has 0 amide bonds. The van der Waals surface area contributed by atoms with Gasteiger partial charge in [-0.1, -0.05) is 35.5 Å². The number of hydrogen-bond acceptors (Lipinski definition) is 7. The van der Waals surface area contributed by atoms with E-state index in [0.717, 1.165) is 68.5 Å². The predicted octanol–water partition coefficient (Wildman–Crippen LogP) is 2.98. The van der Waals surface area contributed by atoms with Gasteiger partial charge >= 0.3 is 5.76 Å². The van der Waals surface area contributed by atoms with Gasteiger partial charge in [-0.05, 0) is 44.0 Å². The van der Waals surface area contributed by atoms with Crippen molar-refractivity contribution >= 4 is 5.84 Å². The van der Waals surface area contributed by atoms with E-state index in [1.165, 1.54) is 11.1 Å². The average Bonchev–Trinajstić information content (AvgIpc) is 3.49. The van der Waals surface area contributed by atoms with E-state index in [1.54, 1.807) is 0 Å². The first-order valence-corrected chi connectivity index (χ1v) is 11.2. The molecule has 4 heterocycles. The van der Waals surface area contributed by atoms with E-state index < -0.39 is 5.76 Å². The third-order valence-electron chi connectivity index (χ3n) is 6.76.